The van der Waals surface area contributed by atoms with Gasteiger partial charge in [0.1, 0.15) is 0 Å². The summed E-state index contributed by atoms with van der Waals surface area (Å²) in [5.74, 6) is -0.879. The molecule has 0 fully saturated rings. The molecule has 7 N–H and O–H groups in total. The van der Waals surface area contributed by atoms with Crippen LogP contribution in [0.1, 0.15) is 10.4 Å². The minimum Gasteiger partial charge on any atom is -0.478 e. The van der Waals surface area contributed by atoms with Crippen LogP contribution in [0.25, 0.3) is 0 Å². The van der Waals surface area contributed by atoms with Crippen molar-refractivity contribution in [2.24, 2.45) is 0 Å². The standard InChI is InChI=1S/C7H6O2.Cu.2NO3.3H2O/c8-7(9)6-4-2-1-3-5-6;;2*2-1(3)4;;;/h1-5H,(H,8,9);;;;3*1H2/q;+2;2*-1;;;. The third-order valence-electron chi connectivity index (χ3n) is 1.02. The largest absolute Gasteiger partial charge is 2.00 e. The van der Waals surface area contributed by atoms with Crippen LogP contribution in [-0.4, -0.2) is 37.7 Å². The number of carbonyl (C=O) groups is 1. The van der Waals surface area contributed by atoms with Crippen molar-refractivity contribution in [3.05, 3.63) is 66.5 Å². The molecule has 0 saturated heterocycles. The van der Waals surface area contributed by atoms with Crippen LogP contribution in [0.15, 0.2) is 30.3 Å². The Morgan fingerprint density at radius 3 is 1.24 bits per heavy atom. The first-order chi connectivity index (χ1) is 7.77. The molecular weight excluding hydrogens is 352 g/mol. The summed E-state index contributed by atoms with van der Waals surface area (Å²) in [5, 5.41) is 37.9. The van der Waals surface area contributed by atoms with Crippen LogP contribution in [0, 0.1) is 30.6 Å². The second kappa shape index (κ2) is 22.7. The zero-order valence-corrected chi connectivity index (χ0v) is 10.8. The Hall–Kier alpha value is -2.51. The fourth-order valence-electron chi connectivity index (χ4n) is 0.581. The zero-order valence-electron chi connectivity index (χ0n) is 9.89. The summed E-state index contributed by atoms with van der Waals surface area (Å²) < 4.78 is 0. The van der Waals surface area contributed by atoms with Gasteiger partial charge in [0.15, 0.2) is 0 Å². The van der Waals surface area contributed by atoms with Crippen molar-refractivity contribution >= 4 is 5.97 Å². The summed E-state index contributed by atoms with van der Waals surface area (Å²) in [4.78, 5) is 26.7. The molecule has 0 aliphatic rings. The van der Waals surface area contributed by atoms with Crippen molar-refractivity contribution in [2.75, 3.05) is 0 Å². The zero-order chi connectivity index (χ0) is 13.8. The minimum atomic E-state index is -1.75. The number of carboxylic acid groups (broad SMARTS) is 1. The monoisotopic (exact) mass is 363 g/mol. The molecule has 0 unspecified atom stereocenters. The van der Waals surface area contributed by atoms with Crippen LogP contribution in [0.4, 0.5) is 0 Å². The van der Waals surface area contributed by atoms with E-state index in [4.69, 9.17) is 35.7 Å². The number of rotatable bonds is 1. The molecule has 0 heterocycles. The maximum Gasteiger partial charge on any atom is 2.00 e. The van der Waals surface area contributed by atoms with Gasteiger partial charge in [-0.25, -0.2) is 4.79 Å². The molecule has 127 valence electrons. The summed E-state index contributed by atoms with van der Waals surface area (Å²) in [7, 11) is 0. The predicted octanol–water partition coefficient (Wildman–Crippen LogP) is -1.57. The number of carboxylic acids is 1. The summed E-state index contributed by atoms with van der Waals surface area (Å²) in [6, 6.07) is 8.30. The van der Waals surface area contributed by atoms with Crippen molar-refractivity contribution in [3.8, 4) is 0 Å². The summed E-state index contributed by atoms with van der Waals surface area (Å²) in [6.07, 6.45) is 0. The molecule has 0 atom stereocenters. The van der Waals surface area contributed by atoms with Crippen LogP contribution in [0.2, 0.25) is 0 Å². The van der Waals surface area contributed by atoms with Crippen LogP contribution < -0.4 is 0 Å². The Bertz CT molecular complexity index is 354. The number of hydrogen-bond acceptors (Lipinski definition) is 7. The van der Waals surface area contributed by atoms with Crippen LogP contribution in [-0.2, 0) is 17.1 Å². The van der Waals surface area contributed by atoms with Gasteiger partial charge in [-0.2, -0.15) is 0 Å². The predicted molar refractivity (Wildman–Crippen MR) is 65.0 cm³/mol. The number of aromatic carboxylic acids is 1. The van der Waals surface area contributed by atoms with E-state index in [0.29, 0.717) is 5.56 Å². The molecule has 0 bridgehead atoms. The first-order valence-corrected chi connectivity index (χ1v) is 3.68. The topological polar surface area (TPSA) is 264 Å². The van der Waals surface area contributed by atoms with Gasteiger partial charge in [0.05, 0.1) is 15.7 Å². The Morgan fingerprint density at radius 2 is 1.10 bits per heavy atom. The smallest absolute Gasteiger partial charge is 0.478 e. The first kappa shape index (κ1) is 36.3. The molecule has 0 amide bonds. The summed E-state index contributed by atoms with van der Waals surface area (Å²) in [5.41, 5.74) is 0.331. The van der Waals surface area contributed by atoms with E-state index in [0.717, 1.165) is 0 Å². The van der Waals surface area contributed by atoms with E-state index in [1.807, 2.05) is 0 Å². The van der Waals surface area contributed by atoms with Gasteiger partial charge in [-0.3, -0.25) is 0 Å². The molecule has 1 aromatic rings. The number of hydrogen-bond donors (Lipinski definition) is 1. The van der Waals surface area contributed by atoms with Gasteiger partial charge in [-0.1, -0.05) is 18.2 Å². The molecule has 1 radical (unpaired) electrons. The maximum atomic E-state index is 10.2. The molecule has 1 aromatic carbocycles. The Balaban J connectivity index is -0.0000000414. The fourth-order valence-corrected chi connectivity index (χ4v) is 0.581. The van der Waals surface area contributed by atoms with Gasteiger partial charge in [0.25, 0.3) is 0 Å². The SMILES string of the molecule is O.O.O.O=C(O)c1ccccc1.O=[N+]([O-])[O-].O=[N+]([O-])[O-].[Cu+2]. The molecule has 14 heteroatoms. The normalized spacial score (nSPS) is 6.10. The molecule has 0 aliphatic heterocycles. The first-order valence-electron chi connectivity index (χ1n) is 3.68. The van der Waals surface area contributed by atoms with Crippen LogP contribution in [0.3, 0.4) is 0 Å². The molecule has 0 saturated carbocycles. The van der Waals surface area contributed by atoms with Gasteiger partial charge in [-0.15, -0.1) is 0 Å². The van der Waals surface area contributed by atoms with Gasteiger partial charge in [0, 0.05) is 0 Å². The third kappa shape index (κ3) is 46.6. The fraction of sp³-hybridized carbons (Fsp3) is 0. The molecule has 1 rings (SSSR count). The summed E-state index contributed by atoms with van der Waals surface area (Å²) >= 11 is 0. The minimum absolute atomic E-state index is 0. The molecule has 13 nitrogen and oxygen atoms in total. The van der Waals surface area contributed by atoms with E-state index in [-0.39, 0.29) is 33.5 Å². The van der Waals surface area contributed by atoms with Crippen molar-refractivity contribution in [2.45, 2.75) is 0 Å². The average Bonchev–Trinajstić information content (AvgIpc) is 2.17. The third-order valence-corrected chi connectivity index (χ3v) is 1.02. The Kier molecular flexibility index (Phi) is 39.1. The number of benzene rings is 1. The van der Waals surface area contributed by atoms with E-state index in [1.165, 1.54) is 0 Å². The number of nitrogens with zero attached hydrogens (tertiary/aromatic N) is 2. The van der Waals surface area contributed by atoms with Crippen molar-refractivity contribution in [3.63, 3.8) is 0 Å². The quantitative estimate of drug-likeness (QED) is 0.344. The van der Waals surface area contributed by atoms with Crippen molar-refractivity contribution < 1.29 is 53.6 Å². The molecular formula is C7H12CuN2O11. The second-order valence-electron chi connectivity index (χ2n) is 2.12. The van der Waals surface area contributed by atoms with E-state index < -0.39 is 16.1 Å². The Labute approximate surface area is 127 Å². The molecule has 21 heavy (non-hydrogen) atoms. The molecule has 0 aliphatic carbocycles. The van der Waals surface area contributed by atoms with Gasteiger partial charge in [0.2, 0.25) is 0 Å². The second-order valence-corrected chi connectivity index (χ2v) is 2.12. The Morgan fingerprint density at radius 1 is 0.857 bits per heavy atom. The van der Waals surface area contributed by atoms with E-state index >= 15 is 0 Å². The van der Waals surface area contributed by atoms with Gasteiger partial charge in [-0.05, 0) is 12.1 Å². The molecule has 0 spiro atoms. The average molecular weight is 364 g/mol. The maximum absolute atomic E-state index is 10.2. The van der Waals surface area contributed by atoms with Crippen molar-refractivity contribution in [1.29, 1.82) is 0 Å². The van der Waals surface area contributed by atoms with Crippen LogP contribution in [0.5, 0.6) is 0 Å². The van der Waals surface area contributed by atoms with E-state index in [2.05, 4.69) is 0 Å². The van der Waals surface area contributed by atoms with Crippen LogP contribution >= 0.6 is 0 Å². The summed E-state index contributed by atoms with van der Waals surface area (Å²) in [6.45, 7) is 0. The van der Waals surface area contributed by atoms with Crippen molar-refractivity contribution in [1.82, 2.24) is 0 Å². The van der Waals surface area contributed by atoms with Gasteiger partial charge >= 0.3 is 23.0 Å². The van der Waals surface area contributed by atoms with E-state index in [1.54, 1.807) is 30.3 Å². The molecule has 0 aromatic heterocycles. The van der Waals surface area contributed by atoms with E-state index in [9.17, 15) is 4.79 Å². The van der Waals surface area contributed by atoms with Gasteiger partial charge < -0.3 is 52.2 Å².